The van der Waals surface area contributed by atoms with Crippen molar-refractivity contribution in [2.45, 2.75) is 38.6 Å². The van der Waals surface area contributed by atoms with E-state index >= 15 is 0 Å². The van der Waals surface area contributed by atoms with Crippen LogP contribution in [0.15, 0.2) is 59.5 Å². The van der Waals surface area contributed by atoms with Gasteiger partial charge in [-0.25, -0.2) is 4.98 Å². The zero-order valence-corrected chi connectivity index (χ0v) is 18.7. The molecule has 0 aliphatic carbocycles. The highest BCUT2D eigenvalue weighted by Crippen LogP contribution is 2.19. The number of carbonyl (C=O) groups excluding carboxylic acids is 1. The van der Waals surface area contributed by atoms with E-state index < -0.39 is 0 Å². The fourth-order valence-electron chi connectivity index (χ4n) is 4.69. The number of amides is 1. The number of piperidine rings is 1. The van der Waals surface area contributed by atoms with Crippen molar-refractivity contribution in [2.24, 2.45) is 0 Å². The Morgan fingerprint density at radius 2 is 1.82 bits per heavy atom. The van der Waals surface area contributed by atoms with E-state index in [4.69, 9.17) is 0 Å². The van der Waals surface area contributed by atoms with E-state index in [1.165, 1.54) is 17.4 Å². The van der Waals surface area contributed by atoms with Gasteiger partial charge in [-0.2, -0.15) is 0 Å². The number of hydrogen-bond acceptors (Lipinski definition) is 4. The number of aromatic amines is 1. The van der Waals surface area contributed by atoms with E-state index in [9.17, 15) is 9.59 Å². The van der Waals surface area contributed by atoms with Gasteiger partial charge in [0, 0.05) is 49.7 Å². The summed E-state index contributed by atoms with van der Waals surface area (Å²) in [6, 6.07) is 15.8. The highest BCUT2D eigenvalue weighted by Gasteiger charge is 2.19. The minimum absolute atomic E-state index is 0.0536. The third-order valence-corrected chi connectivity index (χ3v) is 6.44. The van der Waals surface area contributed by atoms with E-state index in [1.807, 2.05) is 48.7 Å². The largest absolute Gasteiger partial charge is 0.361 e. The van der Waals surface area contributed by atoms with Crippen molar-refractivity contribution in [3.8, 4) is 0 Å². The topological polar surface area (TPSA) is 83.0 Å². The summed E-state index contributed by atoms with van der Waals surface area (Å²) in [5.41, 5.74) is 3.75. The van der Waals surface area contributed by atoms with Crippen LogP contribution in [-0.4, -0.2) is 40.1 Å². The summed E-state index contributed by atoms with van der Waals surface area (Å²) in [4.78, 5) is 35.9. The molecule has 4 aromatic rings. The fraction of sp³-hybridized carbons (Fsp3) is 0.346. The van der Waals surface area contributed by atoms with Gasteiger partial charge in [0.05, 0.1) is 11.0 Å². The van der Waals surface area contributed by atoms with Crippen molar-refractivity contribution < 1.29 is 4.79 Å². The Morgan fingerprint density at radius 3 is 2.70 bits per heavy atom. The molecule has 2 aromatic carbocycles. The van der Waals surface area contributed by atoms with E-state index in [0.29, 0.717) is 18.9 Å². The van der Waals surface area contributed by atoms with Crippen LogP contribution < -0.4 is 15.8 Å². The van der Waals surface area contributed by atoms with Gasteiger partial charge < -0.3 is 19.8 Å². The molecule has 0 spiro atoms. The Hall–Kier alpha value is -3.61. The predicted octanol–water partition coefficient (Wildman–Crippen LogP) is 3.62. The number of aryl methyl sites for hydroxylation is 1. The number of nitrogens with one attached hydrogen (secondary N) is 2. The highest BCUT2D eigenvalue weighted by molar-refractivity contribution is 5.83. The maximum absolute atomic E-state index is 13.3. The molecule has 0 saturated carbocycles. The molecule has 0 bridgehead atoms. The van der Waals surface area contributed by atoms with Gasteiger partial charge in [0.1, 0.15) is 0 Å². The molecule has 170 valence electrons. The van der Waals surface area contributed by atoms with E-state index in [2.05, 4.69) is 26.3 Å². The Balaban J connectivity index is 1.27. The smallest absolute Gasteiger partial charge is 0.294 e. The summed E-state index contributed by atoms with van der Waals surface area (Å²) in [6.45, 7) is 2.61. The fourth-order valence-corrected chi connectivity index (χ4v) is 4.69. The number of carbonyl (C=O) groups is 1. The third kappa shape index (κ3) is 4.49. The second kappa shape index (κ2) is 9.48. The number of benzene rings is 2. The van der Waals surface area contributed by atoms with Gasteiger partial charge in [0.15, 0.2) is 5.82 Å². The molecule has 5 rings (SSSR count). The molecule has 1 saturated heterocycles. The van der Waals surface area contributed by atoms with Gasteiger partial charge >= 0.3 is 0 Å². The summed E-state index contributed by atoms with van der Waals surface area (Å²) in [6.07, 6.45) is 6.35. The van der Waals surface area contributed by atoms with Crippen LogP contribution in [0.4, 0.5) is 5.82 Å². The van der Waals surface area contributed by atoms with Crippen molar-refractivity contribution in [2.75, 3.05) is 24.5 Å². The number of nitrogens with zero attached hydrogens (tertiary/aromatic N) is 3. The van der Waals surface area contributed by atoms with Crippen LogP contribution in [0.2, 0.25) is 0 Å². The maximum atomic E-state index is 13.3. The molecule has 1 aliphatic rings. The number of aromatic nitrogens is 3. The van der Waals surface area contributed by atoms with Crippen LogP contribution in [0.5, 0.6) is 0 Å². The molecule has 7 heteroatoms. The van der Waals surface area contributed by atoms with Crippen molar-refractivity contribution in [1.29, 1.82) is 0 Å². The van der Waals surface area contributed by atoms with E-state index in [-0.39, 0.29) is 17.9 Å². The van der Waals surface area contributed by atoms with Gasteiger partial charge in [-0.05, 0) is 49.4 Å². The first-order valence-corrected chi connectivity index (χ1v) is 11.8. The molecule has 0 radical (unpaired) electrons. The number of para-hydroxylation sites is 3. The molecule has 1 amide bonds. The first-order chi connectivity index (χ1) is 16.2. The second-order valence-electron chi connectivity index (χ2n) is 8.64. The summed E-state index contributed by atoms with van der Waals surface area (Å²) in [5, 5.41) is 4.19. The molecule has 2 aromatic heterocycles. The molecular formula is C26H29N5O2. The molecule has 0 unspecified atom stereocenters. The first kappa shape index (κ1) is 21.2. The lowest BCUT2D eigenvalue weighted by Gasteiger charge is -2.27. The number of fused-ring (bicyclic) bond motifs is 2. The summed E-state index contributed by atoms with van der Waals surface area (Å²) in [7, 11) is 0. The average molecular weight is 444 g/mol. The quantitative estimate of drug-likeness (QED) is 0.457. The molecular weight excluding hydrogens is 414 g/mol. The van der Waals surface area contributed by atoms with Crippen LogP contribution in [-0.2, 0) is 17.8 Å². The zero-order valence-electron chi connectivity index (χ0n) is 18.7. The molecule has 1 fully saturated rings. The maximum Gasteiger partial charge on any atom is 0.294 e. The second-order valence-corrected chi connectivity index (χ2v) is 8.64. The van der Waals surface area contributed by atoms with Crippen LogP contribution in [0.25, 0.3) is 21.9 Å². The zero-order chi connectivity index (χ0) is 22.6. The van der Waals surface area contributed by atoms with E-state index in [0.717, 1.165) is 48.9 Å². The van der Waals surface area contributed by atoms with Gasteiger partial charge in [-0.1, -0.05) is 30.3 Å². The van der Waals surface area contributed by atoms with E-state index in [1.54, 1.807) is 4.57 Å². The standard InChI is InChI=1S/C26H29N5O2/c32-24(27-14-12-19-18-28-21-9-3-2-8-20(19)21)13-17-31-23-11-5-4-10-22(23)29-25(26(31)33)30-15-6-1-7-16-30/h2-5,8-11,18,28H,1,6-7,12-17H2,(H,27,32). The van der Waals surface area contributed by atoms with Crippen molar-refractivity contribution in [3.05, 3.63) is 70.6 Å². The molecule has 1 aliphatic heterocycles. The van der Waals surface area contributed by atoms with Crippen LogP contribution in [0, 0.1) is 0 Å². The molecule has 7 nitrogen and oxygen atoms in total. The molecule has 3 heterocycles. The Bertz CT molecular complexity index is 1330. The summed E-state index contributed by atoms with van der Waals surface area (Å²) < 4.78 is 1.71. The third-order valence-electron chi connectivity index (χ3n) is 6.44. The minimum atomic E-state index is -0.109. The number of rotatable bonds is 7. The van der Waals surface area contributed by atoms with Gasteiger partial charge in [0.25, 0.3) is 5.56 Å². The highest BCUT2D eigenvalue weighted by atomic mass is 16.2. The summed E-state index contributed by atoms with van der Waals surface area (Å²) >= 11 is 0. The number of H-pyrrole nitrogens is 1. The van der Waals surface area contributed by atoms with Crippen LogP contribution >= 0.6 is 0 Å². The van der Waals surface area contributed by atoms with Crippen LogP contribution in [0.3, 0.4) is 0 Å². The average Bonchev–Trinajstić information content (AvgIpc) is 3.27. The van der Waals surface area contributed by atoms with Gasteiger partial charge in [-0.3, -0.25) is 9.59 Å². The summed E-state index contributed by atoms with van der Waals surface area (Å²) in [5.74, 6) is 0.454. The van der Waals surface area contributed by atoms with Crippen molar-refractivity contribution in [1.82, 2.24) is 19.9 Å². The van der Waals surface area contributed by atoms with Crippen molar-refractivity contribution in [3.63, 3.8) is 0 Å². The van der Waals surface area contributed by atoms with Gasteiger partial charge in [0.2, 0.25) is 5.91 Å². The number of hydrogen-bond donors (Lipinski definition) is 2. The number of anilines is 1. The Morgan fingerprint density at radius 1 is 1.03 bits per heavy atom. The van der Waals surface area contributed by atoms with Crippen LogP contribution in [0.1, 0.15) is 31.2 Å². The molecule has 2 N–H and O–H groups in total. The predicted molar refractivity (Wildman–Crippen MR) is 132 cm³/mol. The SMILES string of the molecule is O=C(CCn1c(=O)c(N2CCCCC2)nc2ccccc21)NCCc1c[nH]c2ccccc12. The normalized spacial score (nSPS) is 14.1. The lowest BCUT2D eigenvalue weighted by molar-refractivity contribution is -0.121. The Kier molecular flexibility index (Phi) is 6.11. The Labute approximate surface area is 192 Å². The lowest BCUT2D eigenvalue weighted by Crippen LogP contribution is -2.37. The first-order valence-electron chi connectivity index (χ1n) is 11.8. The lowest BCUT2D eigenvalue weighted by atomic mass is 10.1. The molecule has 0 atom stereocenters. The molecule has 33 heavy (non-hydrogen) atoms. The van der Waals surface area contributed by atoms with Gasteiger partial charge in [-0.15, -0.1) is 0 Å². The monoisotopic (exact) mass is 443 g/mol. The minimum Gasteiger partial charge on any atom is -0.361 e. The van der Waals surface area contributed by atoms with Crippen molar-refractivity contribution >= 4 is 33.7 Å².